The van der Waals surface area contributed by atoms with Crippen molar-refractivity contribution in [3.05, 3.63) is 23.8 Å². The summed E-state index contributed by atoms with van der Waals surface area (Å²) in [6, 6.07) is 2.01. The molecule has 4 heterocycles. The van der Waals surface area contributed by atoms with Crippen LogP contribution in [0, 0.1) is 6.92 Å². The molecule has 1 aliphatic rings. The van der Waals surface area contributed by atoms with E-state index in [4.69, 9.17) is 9.26 Å². The van der Waals surface area contributed by atoms with Gasteiger partial charge in [0, 0.05) is 31.2 Å². The number of hydrogen-bond donors (Lipinski definition) is 0. The number of aryl methyl sites for hydroxylation is 2. The second kappa shape index (κ2) is 5.37. The zero-order valence-electron chi connectivity index (χ0n) is 14.4. The van der Waals surface area contributed by atoms with E-state index in [2.05, 4.69) is 34.1 Å². The third-order valence-corrected chi connectivity index (χ3v) is 4.61. The molecule has 0 saturated carbocycles. The summed E-state index contributed by atoms with van der Waals surface area (Å²) < 4.78 is 13.0. The van der Waals surface area contributed by atoms with Crippen LogP contribution < -0.4 is 0 Å². The molecule has 7 nitrogen and oxygen atoms in total. The molecular weight excluding hydrogens is 306 g/mol. The molecule has 0 amide bonds. The minimum atomic E-state index is -0.142. The Morgan fingerprint density at radius 1 is 1.33 bits per heavy atom. The van der Waals surface area contributed by atoms with Crippen LogP contribution in [0.5, 0.6) is 0 Å². The molecule has 1 aliphatic heterocycles. The van der Waals surface area contributed by atoms with Crippen LogP contribution in [0.2, 0.25) is 0 Å². The lowest BCUT2D eigenvalue weighted by molar-refractivity contribution is -0.0604. The van der Waals surface area contributed by atoms with Crippen molar-refractivity contribution in [2.75, 3.05) is 6.61 Å². The van der Waals surface area contributed by atoms with Gasteiger partial charge < -0.3 is 9.26 Å². The highest BCUT2D eigenvalue weighted by Crippen LogP contribution is 2.35. The van der Waals surface area contributed by atoms with Gasteiger partial charge in [-0.2, -0.15) is 10.1 Å². The van der Waals surface area contributed by atoms with Crippen LogP contribution in [0.3, 0.4) is 0 Å². The highest BCUT2D eigenvalue weighted by molar-refractivity contribution is 5.81. The summed E-state index contributed by atoms with van der Waals surface area (Å²) in [5.41, 5.74) is 2.47. The monoisotopic (exact) mass is 327 g/mol. The molecule has 126 valence electrons. The van der Waals surface area contributed by atoms with E-state index in [1.165, 1.54) is 0 Å². The summed E-state index contributed by atoms with van der Waals surface area (Å²) in [4.78, 5) is 9.09. The van der Waals surface area contributed by atoms with Crippen LogP contribution in [0.15, 0.2) is 16.8 Å². The van der Waals surface area contributed by atoms with E-state index in [9.17, 15) is 0 Å². The maximum Gasteiger partial charge on any atom is 0.259 e. The first-order valence-electron chi connectivity index (χ1n) is 8.20. The molecule has 1 fully saturated rings. The molecule has 1 atom stereocenters. The van der Waals surface area contributed by atoms with Crippen molar-refractivity contribution in [2.24, 2.45) is 7.05 Å². The molecule has 1 saturated heterocycles. The van der Waals surface area contributed by atoms with Gasteiger partial charge in [0.2, 0.25) is 0 Å². The maximum atomic E-state index is 5.77. The number of nitrogens with zero attached hydrogens (tertiary/aromatic N) is 5. The third-order valence-electron chi connectivity index (χ3n) is 4.61. The Balaban J connectivity index is 1.66. The summed E-state index contributed by atoms with van der Waals surface area (Å²) in [6.45, 7) is 6.90. The third kappa shape index (κ3) is 2.58. The molecule has 0 spiro atoms. The average molecular weight is 327 g/mol. The number of pyridine rings is 1. The first-order valence-corrected chi connectivity index (χ1v) is 8.20. The maximum absolute atomic E-state index is 5.77. The Morgan fingerprint density at radius 3 is 2.96 bits per heavy atom. The Hall–Kier alpha value is -2.28. The number of ether oxygens (including phenoxy) is 1. The molecule has 0 aromatic carbocycles. The topological polar surface area (TPSA) is 78.9 Å². The zero-order valence-corrected chi connectivity index (χ0v) is 14.4. The van der Waals surface area contributed by atoms with E-state index in [0.29, 0.717) is 5.89 Å². The second-order valence-electron chi connectivity index (χ2n) is 7.06. The first kappa shape index (κ1) is 15.3. The van der Waals surface area contributed by atoms with Gasteiger partial charge in [0.1, 0.15) is 0 Å². The lowest BCUT2D eigenvalue weighted by atomic mass is 9.88. The Bertz CT molecular complexity index is 896. The molecule has 24 heavy (non-hydrogen) atoms. The predicted octanol–water partition coefficient (Wildman–Crippen LogP) is 3.00. The number of aromatic nitrogens is 5. The predicted molar refractivity (Wildman–Crippen MR) is 88.5 cm³/mol. The van der Waals surface area contributed by atoms with Crippen LogP contribution in [0.25, 0.3) is 22.5 Å². The summed E-state index contributed by atoms with van der Waals surface area (Å²) in [7, 11) is 1.89. The SMILES string of the molecule is Cc1nn(C)c2ncc(-c3nc(C4CCOC(C)(C)C4)no3)cc12. The molecule has 0 bridgehead atoms. The standard InChI is InChI=1S/C17H21N5O2/c1-10-13-7-12(9-18-15(13)22(4)20-10)16-19-14(21-24-16)11-5-6-23-17(2,3)8-11/h7,9,11H,5-6,8H2,1-4H3. The van der Waals surface area contributed by atoms with Crippen LogP contribution in [-0.2, 0) is 11.8 Å². The van der Waals surface area contributed by atoms with Crippen LogP contribution in [0.4, 0.5) is 0 Å². The Kier molecular flexibility index (Phi) is 3.42. The molecule has 0 N–H and O–H groups in total. The van der Waals surface area contributed by atoms with Crippen LogP contribution >= 0.6 is 0 Å². The van der Waals surface area contributed by atoms with Crippen molar-refractivity contribution in [2.45, 2.75) is 45.1 Å². The fourth-order valence-electron chi connectivity index (χ4n) is 3.40. The summed E-state index contributed by atoms with van der Waals surface area (Å²) in [5.74, 6) is 1.53. The second-order valence-corrected chi connectivity index (χ2v) is 7.06. The van der Waals surface area contributed by atoms with Crippen molar-refractivity contribution in [1.82, 2.24) is 24.9 Å². The van der Waals surface area contributed by atoms with Gasteiger partial charge in [-0.3, -0.25) is 4.68 Å². The van der Waals surface area contributed by atoms with E-state index >= 15 is 0 Å². The van der Waals surface area contributed by atoms with Crippen molar-refractivity contribution >= 4 is 11.0 Å². The average Bonchev–Trinajstić information content (AvgIpc) is 3.12. The molecule has 0 aliphatic carbocycles. The van der Waals surface area contributed by atoms with Crippen LogP contribution in [-0.4, -0.2) is 37.1 Å². The summed E-state index contributed by atoms with van der Waals surface area (Å²) in [6.07, 6.45) is 3.57. The minimum absolute atomic E-state index is 0.142. The summed E-state index contributed by atoms with van der Waals surface area (Å²) >= 11 is 0. The van der Waals surface area contributed by atoms with E-state index in [0.717, 1.165) is 47.6 Å². The zero-order chi connectivity index (χ0) is 16.9. The van der Waals surface area contributed by atoms with Crippen molar-refractivity contribution in [3.63, 3.8) is 0 Å². The Morgan fingerprint density at radius 2 is 2.17 bits per heavy atom. The van der Waals surface area contributed by atoms with Gasteiger partial charge in [0.15, 0.2) is 11.5 Å². The highest BCUT2D eigenvalue weighted by atomic mass is 16.5. The lowest BCUT2D eigenvalue weighted by Crippen LogP contribution is -2.33. The number of fused-ring (bicyclic) bond motifs is 1. The first-order chi connectivity index (χ1) is 11.4. The van der Waals surface area contributed by atoms with Gasteiger partial charge in [-0.15, -0.1) is 0 Å². The number of hydrogen-bond acceptors (Lipinski definition) is 6. The largest absolute Gasteiger partial charge is 0.376 e. The van der Waals surface area contributed by atoms with Gasteiger partial charge in [-0.25, -0.2) is 4.98 Å². The van der Waals surface area contributed by atoms with Crippen molar-refractivity contribution in [1.29, 1.82) is 0 Å². The van der Waals surface area contributed by atoms with E-state index < -0.39 is 0 Å². The van der Waals surface area contributed by atoms with Gasteiger partial charge in [-0.1, -0.05) is 5.16 Å². The quantitative estimate of drug-likeness (QED) is 0.720. The number of rotatable bonds is 2. The molecule has 1 unspecified atom stereocenters. The molecular formula is C17H21N5O2. The van der Waals surface area contributed by atoms with Gasteiger partial charge in [0.05, 0.1) is 16.9 Å². The van der Waals surface area contributed by atoms with Gasteiger partial charge in [-0.05, 0) is 39.7 Å². The lowest BCUT2D eigenvalue weighted by Gasteiger charge is -2.34. The van der Waals surface area contributed by atoms with Crippen molar-refractivity contribution in [3.8, 4) is 11.5 Å². The fraction of sp³-hybridized carbons (Fsp3) is 0.529. The normalized spacial score (nSPS) is 20.6. The van der Waals surface area contributed by atoms with Gasteiger partial charge in [0.25, 0.3) is 5.89 Å². The fourth-order valence-corrected chi connectivity index (χ4v) is 3.40. The molecule has 3 aromatic heterocycles. The molecule has 7 heteroatoms. The smallest absolute Gasteiger partial charge is 0.259 e. The molecule has 3 aromatic rings. The molecule has 0 radical (unpaired) electrons. The van der Waals surface area contributed by atoms with E-state index in [-0.39, 0.29) is 11.5 Å². The molecule has 4 rings (SSSR count). The van der Waals surface area contributed by atoms with Gasteiger partial charge >= 0.3 is 0 Å². The van der Waals surface area contributed by atoms with E-state index in [1.807, 2.05) is 20.0 Å². The summed E-state index contributed by atoms with van der Waals surface area (Å²) in [5, 5.41) is 9.59. The van der Waals surface area contributed by atoms with E-state index in [1.54, 1.807) is 10.9 Å². The van der Waals surface area contributed by atoms with Crippen molar-refractivity contribution < 1.29 is 9.26 Å². The minimum Gasteiger partial charge on any atom is -0.376 e. The highest BCUT2D eigenvalue weighted by Gasteiger charge is 2.32. The van der Waals surface area contributed by atoms with Crippen LogP contribution in [0.1, 0.15) is 44.1 Å². The Labute approximate surface area is 140 Å².